The van der Waals surface area contributed by atoms with Gasteiger partial charge < -0.3 is 5.32 Å². The quantitative estimate of drug-likeness (QED) is 0.798. The molecule has 0 amide bonds. The molecule has 2 aromatic rings. The molecule has 0 spiro atoms. The minimum absolute atomic E-state index is 0.232. The number of hydrogen-bond acceptors (Lipinski definition) is 3. The summed E-state index contributed by atoms with van der Waals surface area (Å²) in [6.45, 7) is 3.19. The van der Waals surface area contributed by atoms with E-state index in [9.17, 15) is 8.42 Å². The average Bonchev–Trinajstić information content (AvgIpc) is 2.47. The highest BCUT2D eigenvalue weighted by molar-refractivity contribution is 7.91. The highest BCUT2D eigenvalue weighted by atomic mass is 32.2. The van der Waals surface area contributed by atoms with Gasteiger partial charge >= 0.3 is 0 Å². The van der Waals surface area contributed by atoms with Crippen LogP contribution in [0.15, 0.2) is 42.5 Å². The van der Waals surface area contributed by atoms with Crippen molar-refractivity contribution in [3.05, 3.63) is 48.0 Å². The molecule has 0 bridgehead atoms. The largest absolute Gasteiger partial charge is 0.313 e. The molecule has 0 heterocycles. The van der Waals surface area contributed by atoms with Crippen LogP contribution in [0.25, 0.3) is 10.8 Å². The number of nitrogens with one attached hydrogen (secondary N) is 1. The molecular formula is C16H21NO2S. The lowest BCUT2D eigenvalue weighted by Gasteiger charge is -2.08. The molecule has 1 N–H and O–H groups in total. The SMILES string of the molecule is CCS(=O)(=O)CCCNCc1cccc2ccccc12. The Bertz CT molecular complexity index is 660. The molecular weight excluding hydrogens is 270 g/mol. The third-order valence-corrected chi connectivity index (χ3v) is 5.23. The Morgan fingerprint density at radius 2 is 1.80 bits per heavy atom. The van der Waals surface area contributed by atoms with Gasteiger partial charge in [0.05, 0.1) is 5.75 Å². The minimum Gasteiger partial charge on any atom is -0.313 e. The second-order valence-corrected chi connectivity index (χ2v) is 7.38. The fourth-order valence-electron chi connectivity index (χ4n) is 2.23. The maximum absolute atomic E-state index is 11.4. The van der Waals surface area contributed by atoms with Gasteiger partial charge in [0, 0.05) is 12.3 Å². The predicted octanol–water partition coefficient (Wildman–Crippen LogP) is 2.75. The summed E-state index contributed by atoms with van der Waals surface area (Å²) >= 11 is 0. The summed E-state index contributed by atoms with van der Waals surface area (Å²) in [5.74, 6) is 0.502. The molecule has 2 aromatic carbocycles. The summed E-state index contributed by atoms with van der Waals surface area (Å²) in [6, 6.07) is 14.6. The van der Waals surface area contributed by atoms with Crippen molar-refractivity contribution < 1.29 is 8.42 Å². The molecule has 0 saturated heterocycles. The Labute approximate surface area is 120 Å². The van der Waals surface area contributed by atoms with Crippen molar-refractivity contribution in [2.24, 2.45) is 0 Å². The van der Waals surface area contributed by atoms with Crippen LogP contribution in [-0.4, -0.2) is 26.5 Å². The number of benzene rings is 2. The van der Waals surface area contributed by atoms with E-state index in [1.165, 1.54) is 16.3 Å². The molecule has 0 aromatic heterocycles. The van der Waals surface area contributed by atoms with E-state index in [0.717, 1.165) is 13.1 Å². The maximum Gasteiger partial charge on any atom is 0.150 e. The Balaban J connectivity index is 1.88. The molecule has 0 fully saturated rings. The first-order valence-corrected chi connectivity index (χ1v) is 8.82. The molecule has 0 unspecified atom stereocenters. The number of fused-ring (bicyclic) bond motifs is 1. The number of sulfone groups is 1. The Morgan fingerprint density at radius 3 is 2.60 bits per heavy atom. The van der Waals surface area contributed by atoms with Crippen LogP contribution in [0.2, 0.25) is 0 Å². The summed E-state index contributed by atoms with van der Waals surface area (Å²) in [4.78, 5) is 0. The van der Waals surface area contributed by atoms with Gasteiger partial charge in [0.25, 0.3) is 0 Å². The van der Waals surface area contributed by atoms with Crippen molar-refractivity contribution in [3.63, 3.8) is 0 Å². The van der Waals surface area contributed by atoms with Gasteiger partial charge in [-0.05, 0) is 29.3 Å². The summed E-state index contributed by atoms with van der Waals surface area (Å²) in [6.07, 6.45) is 0.668. The zero-order valence-electron chi connectivity index (χ0n) is 11.8. The lowest BCUT2D eigenvalue weighted by molar-refractivity contribution is 0.590. The lowest BCUT2D eigenvalue weighted by atomic mass is 10.0. The first-order chi connectivity index (χ1) is 9.62. The summed E-state index contributed by atoms with van der Waals surface area (Å²) in [5, 5.41) is 5.82. The van der Waals surface area contributed by atoms with E-state index in [2.05, 4.69) is 35.6 Å². The highest BCUT2D eigenvalue weighted by Gasteiger charge is 2.06. The molecule has 0 saturated carbocycles. The molecule has 3 nitrogen and oxygen atoms in total. The summed E-state index contributed by atoms with van der Waals surface area (Å²) in [7, 11) is -2.84. The summed E-state index contributed by atoms with van der Waals surface area (Å²) in [5.41, 5.74) is 1.25. The van der Waals surface area contributed by atoms with Crippen LogP contribution >= 0.6 is 0 Å². The monoisotopic (exact) mass is 291 g/mol. The summed E-state index contributed by atoms with van der Waals surface area (Å²) < 4.78 is 22.8. The molecule has 108 valence electrons. The Kier molecular flexibility index (Phi) is 5.15. The predicted molar refractivity (Wildman–Crippen MR) is 84.6 cm³/mol. The van der Waals surface area contributed by atoms with Crippen LogP contribution < -0.4 is 5.32 Å². The van der Waals surface area contributed by atoms with Crippen molar-refractivity contribution in [1.82, 2.24) is 5.32 Å². The van der Waals surface area contributed by atoms with E-state index in [-0.39, 0.29) is 11.5 Å². The van der Waals surface area contributed by atoms with Gasteiger partial charge in [-0.2, -0.15) is 0 Å². The zero-order chi connectivity index (χ0) is 14.4. The molecule has 0 aliphatic heterocycles. The van der Waals surface area contributed by atoms with E-state index < -0.39 is 9.84 Å². The third-order valence-electron chi connectivity index (χ3n) is 3.44. The normalized spacial score (nSPS) is 11.8. The second kappa shape index (κ2) is 6.86. The molecule has 0 radical (unpaired) electrons. The molecule has 4 heteroatoms. The lowest BCUT2D eigenvalue weighted by Crippen LogP contribution is -2.19. The van der Waals surface area contributed by atoms with E-state index >= 15 is 0 Å². The van der Waals surface area contributed by atoms with Crippen LogP contribution in [0, 0.1) is 0 Å². The van der Waals surface area contributed by atoms with Crippen molar-refractivity contribution in [2.45, 2.75) is 19.9 Å². The maximum atomic E-state index is 11.4. The molecule has 0 aliphatic rings. The zero-order valence-corrected chi connectivity index (χ0v) is 12.6. The van der Waals surface area contributed by atoms with Crippen LogP contribution in [0.5, 0.6) is 0 Å². The molecule has 2 rings (SSSR count). The van der Waals surface area contributed by atoms with E-state index in [1.54, 1.807) is 6.92 Å². The van der Waals surface area contributed by atoms with E-state index in [1.807, 2.05) is 12.1 Å². The molecule has 0 aliphatic carbocycles. The van der Waals surface area contributed by atoms with E-state index in [4.69, 9.17) is 0 Å². The number of hydrogen-bond donors (Lipinski definition) is 1. The van der Waals surface area contributed by atoms with Crippen LogP contribution in [0.4, 0.5) is 0 Å². The number of rotatable bonds is 7. The topological polar surface area (TPSA) is 46.2 Å². The standard InChI is InChI=1S/C16H21NO2S/c1-2-20(18,19)12-6-11-17-13-15-9-5-8-14-7-3-4-10-16(14)15/h3-5,7-10,17H,2,6,11-13H2,1H3. The van der Waals surface area contributed by atoms with Gasteiger partial charge in [-0.15, -0.1) is 0 Å². The average molecular weight is 291 g/mol. The third kappa shape index (κ3) is 4.05. The van der Waals surface area contributed by atoms with Crippen LogP contribution in [0.3, 0.4) is 0 Å². The Hall–Kier alpha value is -1.39. The van der Waals surface area contributed by atoms with Gasteiger partial charge in [-0.1, -0.05) is 49.4 Å². The van der Waals surface area contributed by atoms with Crippen molar-refractivity contribution in [1.29, 1.82) is 0 Å². The van der Waals surface area contributed by atoms with E-state index in [0.29, 0.717) is 6.42 Å². The van der Waals surface area contributed by atoms with Gasteiger partial charge in [-0.3, -0.25) is 0 Å². The van der Waals surface area contributed by atoms with Gasteiger partial charge in [0.1, 0.15) is 9.84 Å². The van der Waals surface area contributed by atoms with Crippen LogP contribution in [0.1, 0.15) is 18.9 Å². The first-order valence-electron chi connectivity index (χ1n) is 7.00. The van der Waals surface area contributed by atoms with Crippen molar-refractivity contribution in [2.75, 3.05) is 18.1 Å². The molecule has 0 atom stereocenters. The fourth-order valence-corrected chi connectivity index (χ4v) is 3.10. The smallest absolute Gasteiger partial charge is 0.150 e. The molecule has 20 heavy (non-hydrogen) atoms. The fraction of sp³-hybridized carbons (Fsp3) is 0.375. The van der Waals surface area contributed by atoms with Crippen molar-refractivity contribution in [3.8, 4) is 0 Å². The van der Waals surface area contributed by atoms with Crippen LogP contribution in [-0.2, 0) is 16.4 Å². The minimum atomic E-state index is -2.84. The highest BCUT2D eigenvalue weighted by Crippen LogP contribution is 2.18. The van der Waals surface area contributed by atoms with Gasteiger partial charge in [-0.25, -0.2) is 8.42 Å². The van der Waals surface area contributed by atoms with Crippen molar-refractivity contribution >= 4 is 20.6 Å². The second-order valence-electron chi connectivity index (χ2n) is 4.90. The Morgan fingerprint density at radius 1 is 1.05 bits per heavy atom. The van der Waals surface area contributed by atoms with Gasteiger partial charge in [0.2, 0.25) is 0 Å². The first kappa shape index (κ1) is 15.0. The van der Waals surface area contributed by atoms with Gasteiger partial charge in [0.15, 0.2) is 0 Å².